The standard InChI is InChI=1S/C23H19F6N5O/c24-17-11-19(26)18(25)9-15(17)8-16(30-12-14-4-2-1-3-5-14)10-21(35)33-6-7-34-20(13-33)31-32-22(34)23(27,28)29/h1-5,9,11H,6-8,10,12-13H2. The molecule has 12 heteroatoms. The summed E-state index contributed by atoms with van der Waals surface area (Å²) in [6.07, 6.45) is -5.20. The lowest BCUT2D eigenvalue weighted by molar-refractivity contribution is -0.148. The minimum Gasteiger partial charge on any atom is -0.333 e. The minimum absolute atomic E-state index is 0.00801. The van der Waals surface area contributed by atoms with E-state index in [4.69, 9.17) is 0 Å². The van der Waals surface area contributed by atoms with E-state index >= 15 is 0 Å². The Kier molecular flexibility index (Phi) is 6.90. The van der Waals surface area contributed by atoms with E-state index in [0.717, 1.165) is 16.2 Å². The Morgan fingerprint density at radius 3 is 2.40 bits per heavy atom. The van der Waals surface area contributed by atoms with Crippen molar-refractivity contribution in [2.45, 2.75) is 38.7 Å². The molecule has 0 aliphatic carbocycles. The van der Waals surface area contributed by atoms with Crippen LogP contribution >= 0.6 is 0 Å². The molecule has 2 heterocycles. The van der Waals surface area contributed by atoms with Gasteiger partial charge < -0.3 is 9.47 Å². The zero-order chi connectivity index (χ0) is 25.2. The normalized spacial score (nSPS) is 14.2. The van der Waals surface area contributed by atoms with Crippen molar-refractivity contribution in [1.82, 2.24) is 19.7 Å². The Balaban J connectivity index is 1.53. The molecular weight excluding hydrogens is 476 g/mol. The summed E-state index contributed by atoms with van der Waals surface area (Å²) < 4.78 is 81.3. The molecule has 0 saturated carbocycles. The third-order valence-electron chi connectivity index (χ3n) is 5.53. The molecule has 1 aliphatic heterocycles. The Labute approximate surface area is 195 Å². The summed E-state index contributed by atoms with van der Waals surface area (Å²) in [7, 11) is 0. The number of rotatable bonds is 6. The third-order valence-corrected chi connectivity index (χ3v) is 5.53. The zero-order valence-electron chi connectivity index (χ0n) is 18.2. The van der Waals surface area contributed by atoms with Crippen molar-refractivity contribution in [3.05, 3.63) is 82.7 Å². The smallest absolute Gasteiger partial charge is 0.333 e. The highest BCUT2D eigenvalue weighted by Gasteiger charge is 2.40. The molecule has 3 aromatic rings. The molecule has 0 unspecified atom stereocenters. The van der Waals surface area contributed by atoms with Crippen LogP contribution in [0.3, 0.4) is 0 Å². The van der Waals surface area contributed by atoms with Crippen LogP contribution in [-0.2, 0) is 37.0 Å². The number of hydrogen-bond acceptors (Lipinski definition) is 4. The van der Waals surface area contributed by atoms with Crippen molar-refractivity contribution < 1.29 is 31.1 Å². The Hall–Kier alpha value is -3.70. The molecule has 1 aliphatic rings. The number of amides is 1. The summed E-state index contributed by atoms with van der Waals surface area (Å²) in [5.41, 5.74) is 0.859. The van der Waals surface area contributed by atoms with Gasteiger partial charge in [0.1, 0.15) is 5.82 Å². The second-order valence-electron chi connectivity index (χ2n) is 7.98. The number of fused-ring (bicyclic) bond motifs is 1. The highest BCUT2D eigenvalue weighted by atomic mass is 19.4. The molecular formula is C23H19F6N5O. The highest BCUT2D eigenvalue weighted by molar-refractivity contribution is 6.02. The van der Waals surface area contributed by atoms with Gasteiger partial charge in [-0.05, 0) is 17.2 Å². The molecule has 0 atom stereocenters. The molecule has 1 amide bonds. The molecule has 35 heavy (non-hydrogen) atoms. The van der Waals surface area contributed by atoms with E-state index in [9.17, 15) is 31.1 Å². The number of carbonyl (C=O) groups is 1. The lowest BCUT2D eigenvalue weighted by Gasteiger charge is -2.28. The first-order chi connectivity index (χ1) is 16.6. The molecule has 0 spiro atoms. The van der Waals surface area contributed by atoms with Gasteiger partial charge >= 0.3 is 6.18 Å². The summed E-state index contributed by atoms with van der Waals surface area (Å²) in [5.74, 6) is -5.14. The van der Waals surface area contributed by atoms with Crippen molar-refractivity contribution >= 4 is 11.6 Å². The van der Waals surface area contributed by atoms with E-state index in [2.05, 4.69) is 15.2 Å². The third kappa shape index (κ3) is 5.69. The van der Waals surface area contributed by atoms with Gasteiger partial charge in [0, 0.05) is 31.3 Å². The zero-order valence-corrected chi connectivity index (χ0v) is 18.2. The number of hydrogen-bond donors (Lipinski definition) is 0. The van der Waals surface area contributed by atoms with E-state index in [1.807, 2.05) is 6.07 Å². The summed E-state index contributed by atoms with van der Waals surface area (Å²) in [5, 5.41) is 6.74. The highest BCUT2D eigenvalue weighted by Crippen LogP contribution is 2.29. The number of halogens is 6. The van der Waals surface area contributed by atoms with Crippen LogP contribution in [0.2, 0.25) is 0 Å². The van der Waals surface area contributed by atoms with Crippen molar-refractivity contribution in [3.63, 3.8) is 0 Å². The second kappa shape index (κ2) is 9.88. The van der Waals surface area contributed by atoms with E-state index in [0.29, 0.717) is 6.07 Å². The van der Waals surface area contributed by atoms with E-state index in [-0.39, 0.29) is 56.1 Å². The number of aromatic nitrogens is 3. The first-order valence-corrected chi connectivity index (χ1v) is 10.6. The summed E-state index contributed by atoms with van der Waals surface area (Å²) in [4.78, 5) is 18.7. The van der Waals surface area contributed by atoms with Gasteiger partial charge in [-0.15, -0.1) is 10.2 Å². The van der Waals surface area contributed by atoms with Crippen molar-refractivity contribution in [2.24, 2.45) is 4.99 Å². The maximum absolute atomic E-state index is 14.2. The molecule has 1 aromatic heterocycles. The number of nitrogens with zero attached hydrogens (tertiary/aromatic N) is 5. The van der Waals surface area contributed by atoms with Gasteiger partial charge in [0.15, 0.2) is 17.5 Å². The van der Waals surface area contributed by atoms with Crippen LogP contribution < -0.4 is 0 Å². The number of benzene rings is 2. The van der Waals surface area contributed by atoms with Crippen LogP contribution in [0.5, 0.6) is 0 Å². The van der Waals surface area contributed by atoms with E-state index in [1.54, 1.807) is 24.3 Å². The maximum Gasteiger partial charge on any atom is 0.451 e. The van der Waals surface area contributed by atoms with Crippen molar-refractivity contribution in [3.8, 4) is 0 Å². The topological polar surface area (TPSA) is 63.4 Å². The molecule has 0 saturated heterocycles. The molecule has 0 N–H and O–H groups in total. The van der Waals surface area contributed by atoms with Crippen LogP contribution in [0, 0.1) is 17.5 Å². The number of aliphatic imine (C=N–C) groups is 1. The SMILES string of the molecule is O=C(CC(Cc1cc(F)c(F)cc1F)=NCc1ccccc1)N1CCn2c(nnc2C(F)(F)F)C1. The molecule has 0 fully saturated rings. The van der Waals surface area contributed by atoms with E-state index in [1.165, 1.54) is 4.90 Å². The fraction of sp³-hybridized carbons (Fsp3) is 0.304. The second-order valence-corrected chi connectivity index (χ2v) is 7.98. The average Bonchev–Trinajstić information content (AvgIpc) is 3.25. The van der Waals surface area contributed by atoms with Gasteiger partial charge in [-0.25, -0.2) is 13.2 Å². The first-order valence-electron chi connectivity index (χ1n) is 10.6. The number of alkyl halides is 3. The Morgan fingerprint density at radius 2 is 1.69 bits per heavy atom. The summed E-state index contributed by atoms with van der Waals surface area (Å²) in [6, 6.07) is 10.2. The molecule has 4 rings (SSSR count). The Morgan fingerprint density at radius 1 is 0.971 bits per heavy atom. The quantitative estimate of drug-likeness (QED) is 0.291. The summed E-state index contributed by atoms with van der Waals surface area (Å²) in [6.45, 7) is -0.179. The predicted octanol–water partition coefficient (Wildman–Crippen LogP) is 4.33. The predicted molar refractivity (Wildman–Crippen MR) is 113 cm³/mol. The largest absolute Gasteiger partial charge is 0.451 e. The minimum atomic E-state index is -4.66. The first kappa shape index (κ1) is 24.4. The van der Waals surface area contributed by atoms with Gasteiger partial charge in [-0.3, -0.25) is 9.79 Å². The number of carbonyl (C=O) groups excluding carboxylic acids is 1. The molecule has 2 aromatic carbocycles. The van der Waals surface area contributed by atoms with Crippen LogP contribution in [0.4, 0.5) is 26.3 Å². The van der Waals surface area contributed by atoms with Gasteiger partial charge in [0.05, 0.1) is 19.5 Å². The maximum atomic E-state index is 14.2. The fourth-order valence-electron chi connectivity index (χ4n) is 3.75. The van der Waals surface area contributed by atoms with Crippen LogP contribution in [0.1, 0.15) is 29.2 Å². The van der Waals surface area contributed by atoms with Crippen molar-refractivity contribution in [2.75, 3.05) is 6.54 Å². The molecule has 0 bridgehead atoms. The molecule has 6 nitrogen and oxygen atoms in total. The van der Waals surface area contributed by atoms with E-state index < -0.39 is 35.4 Å². The molecule has 0 radical (unpaired) electrons. The lowest BCUT2D eigenvalue weighted by Crippen LogP contribution is -2.40. The monoisotopic (exact) mass is 495 g/mol. The Bertz CT molecular complexity index is 1260. The van der Waals surface area contributed by atoms with Gasteiger partial charge in [-0.1, -0.05) is 30.3 Å². The summed E-state index contributed by atoms with van der Waals surface area (Å²) >= 11 is 0. The van der Waals surface area contributed by atoms with Crippen LogP contribution in [0.25, 0.3) is 0 Å². The fourth-order valence-corrected chi connectivity index (χ4v) is 3.75. The average molecular weight is 495 g/mol. The van der Waals surface area contributed by atoms with Gasteiger partial charge in [0.25, 0.3) is 0 Å². The van der Waals surface area contributed by atoms with Gasteiger partial charge in [0.2, 0.25) is 11.7 Å². The van der Waals surface area contributed by atoms with Crippen molar-refractivity contribution in [1.29, 1.82) is 0 Å². The van der Waals surface area contributed by atoms with Crippen LogP contribution in [0.15, 0.2) is 47.5 Å². The molecule has 184 valence electrons. The van der Waals surface area contributed by atoms with Crippen LogP contribution in [-0.4, -0.2) is 37.8 Å². The lowest BCUT2D eigenvalue weighted by atomic mass is 10.0. The van der Waals surface area contributed by atoms with Gasteiger partial charge in [-0.2, -0.15) is 13.2 Å².